The van der Waals surface area contributed by atoms with Crippen molar-refractivity contribution < 1.29 is 9.90 Å². The molecule has 0 heterocycles. The molecule has 1 rings (SSSR count). The van der Waals surface area contributed by atoms with E-state index >= 15 is 0 Å². The quantitative estimate of drug-likeness (QED) is 0.634. The van der Waals surface area contributed by atoms with Gasteiger partial charge in [-0.1, -0.05) is 26.2 Å². The summed E-state index contributed by atoms with van der Waals surface area (Å²) in [7, 11) is 0. The predicted octanol–water partition coefficient (Wildman–Crippen LogP) is 0.393. The summed E-state index contributed by atoms with van der Waals surface area (Å²) in [4.78, 5) is 11.5. The molecule has 88 valence electrons. The maximum Gasteiger partial charge on any atom is 0.224 e. The van der Waals surface area contributed by atoms with Crippen molar-refractivity contribution in [3.8, 4) is 0 Å². The van der Waals surface area contributed by atoms with Crippen LogP contribution in [-0.4, -0.2) is 29.7 Å². The van der Waals surface area contributed by atoms with Crippen LogP contribution >= 0.6 is 0 Å². The predicted molar refractivity (Wildman–Crippen MR) is 59.3 cm³/mol. The fourth-order valence-electron chi connectivity index (χ4n) is 1.92. The molecule has 1 atom stereocenters. The first-order chi connectivity index (χ1) is 7.07. The van der Waals surface area contributed by atoms with Gasteiger partial charge in [0, 0.05) is 19.0 Å². The number of nitrogens with two attached hydrogens (primary N) is 1. The van der Waals surface area contributed by atoms with Crippen molar-refractivity contribution in [2.45, 2.75) is 44.6 Å². The minimum absolute atomic E-state index is 0.0588. The van der Waals surface area contributed by atoms with Crippen LogP contribution in [0.3, 0.4) is 0 Å². The van der Waals surface area contributed by atoms with Crippen LogP contribution in [-0.2, 0) is 4.79 Å². The Balaban J connectivity index is 2.31. The molecule has 4 nitrogen and oxygen atoms in total. The highest BCUT2D eigenvalue weighted by molar-refractivity contribution is 5.78. The molecule has 1 aliphatic rings. The number of rotatable bonds is 4. The monoisotopic (exact) mass is 214 g/mol. The maximum atomic E-state index is 11.5. The Morgan fingerprint density at radius 3 is 2.60 bits per heavy atom. The minimum atomic E-state index is -0.678. The van der Waals surface area contributed by atoms with Crippen molar-refractivity contribution in [1.82, 2.24) is 5.32 Å². The molecule has 1 fully saturated rings. The van der Waals surface area contributed by atoms with E-state index < -0.39 is 5.60 Å². The van der Waals surface area contributed by atoms with Gasteiger partial charge in [-0.25, -0.2) is 0 Å². The normalized spacial score (nSPS) is 22.1. The van der Waals surface area contributed by atoms with E-state index in [2.05, 4.69) is 5.32 Å². The van der Waals surface area contributed by atoms with Gasteiger partial charge < -0.3 is 16.2 Å². The third kappa shape index (κ3) is 3.80. The van der Waals surface area contributed by atoms with Crippen LogP contribution in [0.1, 0.15) is 39.0 Å². The number of carbonyl (C=O) groups excluding carboxylic acids is 1. The van der Waals surface area contributed by atoms with Gasteiger partial charge in [0.05, 0.1) is 5.60 Å². The van der Waals surface area contributed by atoms with Gasteiger partial charge in [0.2, 0.25) is 5.91 Å². The second-order valence-electron chi connectivity index (χ2n) is 4.64. The number of aliphatic hydroxyl groups is 1. The van der Waals surface area contributed by atoms with E-state index in [1.165, 1.54) is 6.42 Å². The molecule has 0 spiro atoms. The van der Waals surface area contributed by atoms with Crippen molar-refractivity contribution in [1.29, 1.82) is 0 Å². The lowest BCUT2D eigenvalue weighted by atomic mass is 9.85. The first-order valence-electron chi connectivity index (χ1n) is 5.77. The van der Waals surface area contributed by atoms with E-state index in [4.69, 9.17) is 5.73 Å². The van der Waals surface area contributed by atoms with Crippen LogP contribution in [0.4, 0.5) is 0 Å². The van der Waals surface area contributed by atoms with Crippen LogP contribution < -0.4 is 11.1 Å². The first kappa shape index (κ1) is 12.5. The molecule has 0 aromatic heterocycles. The molecule has 15 heavy (non-hydrogen) atoms. The molecule has 0 radical (unpaired) electrons. The number of amides is 1. The molecule has 0 saturated heterocycles. The van der Waals surface area contributed by atoms with Crippen molar-refractivity contribution in [2.24, 2.45) is 11.7 Å². The standard InChI is InChI=1S/C11H22N2O2/c1-9(7-12)10(14)13-8-11(15)5-3-2-4-6-11/h9,15H,2-8,12H2,1H3,(H,13,14). The second-order valence-corrected chi connectivity index (χ2v) is 4.64. The molecule has 4 N–H and O–H groups in total. The molecule has 0 aromatic rings. The highest BCUT2D eigenvalue weighted by Gasteiger charge is 2.29. The largest absolute Gasteiger partial charge is 0.388 e. The van der Waals surface area contributed by atoms with Crippen LogP contribution in [0.15, 0.2) is 0 Å². The first-order valence-corrected chi connectivity index (χ1v) is 5.77. The topological polar surface area (TPSA) is 75.4 Å². The lowest BCUT2D eigenvalue weighted by Crippen LogP contribution is -2.46. The molecule has 0 aliphatic heterocycles. The number of carbonyl (C=O) groups is 1. The zero-order valence-electron chi connectivity index (χ0n) is 9.46. The van der Waals surface area contributed by atoms with Crippen LogP contribution in [0.5, 0.6) is 0 Å². The molecule has 1 saturated carbocycles. The Kier molecular flexibility index (Phi) is 4.54. The second kappa shape index (κ2) is 5.47. The molecule has 1 aliphatic carbocycles. The lowest BCUT2D eigenvalue weighted by Gasteiger charge is -2.32. The van der Waals surface area contributed by atoms with Gasteiger partial charge in [-0.2, -0.15) is 0 Å². The highest BCUT2D eigenvalue weighted by atomic mass is 16.3. The average molecular weight is 214 g/mol. The van der Waals surface area contributed by atoms with Crippen molar-refractivity contribution in [3.63, 3.8) is 0 Å². The number of nitrogens with one attached hydrogen (secondary N) is 1. The van der Waals surface area contributed by atoms with Gasteiger partial charge >= 0.3 is 0 Å². The zero-order valence-corrected chi connectivity index (χ0v) is 9.46. The van der Waals surface area contributed by atoms with E-state index in [0.29, 0.717) is 13.1 Å². The van der Waals surface area contributed by atoms with E-state index in [9.17, 15) is 9.90 Å². The SMILES string of the molecule is CC(CN)C(=O)NCC1(O)CCCCC1. The molecular weight excluding hydrogens is 192 g/mol. The van der Waals surface area contributed by atoms with Crippen LogP contribution in [0, 0.1) is 5.92 Å². The summed E-state index contributed by atoms with van der Waals surface area (Å²) in [6.45, 7) is 2.51. The molecule has 1 unspecified atom stereocenters. The van der Waals surface area contributed by atoms with Gasteiger partial charge in [-0.05, 0) is 12.8 Å². The molecule has 1 amide bonds. The summed E-state index contributed by atoms with van der Waals surface area (Å²) in [5.41, 5.74) is 4.71. The zero-order chi connectivity index (χ0) is 11.3. The summed E-state index contributed by atoms with van der Waals surface area (Å²) in [6, 6.07) is 0. The Hall–Kier alpha value is -0.610. The average Bonchev–Trinajstić information content (AvgIpc) is 2.26. The van der Waals surface area contributed by atoms with E-state index in [1.54, 1.807) is 6.92 Å². The summed E-state index contributed by atoms with van der Waals surface area (Å²) in [6.07, 6.45) is 4.89. The van der Waals surface area contributed by atoms with Crippen molar-refractivity contribution >= 4 is 5.91 Å². The van der Waals surface area contributed by atoms with Gasteiger partial charge in [0.25, 0.3) is 0 Å². The van der Waals surface area contributed by atoms with Crippen LogP contribution in [0.25, 0.3) is 0 Å². The summed E-state index contributed by atoms with van der Waals surface area (Å²) in [5.74, 6) is -0.228. The Morgan fingerprint density at radius 2 is 2.07 bits per heavy atom. The van der Waals surface area contributed by atoms with Crippen molar-refractivity contribution in [3.05, 3.63) is 0 Å². The fraction of sp³-hybridized carbons (Fsp3) is 0.909. The third-order valence-corrected chi connectivity index (χ3v) is 3.18. The smallest absolute Gasteiger partial charge is 0.224 e. The minimum Gasteiger partial charge on any atom is -0.388 e. The van der Waals surface area contributed by atoms with Gasteiger partial charge in [-0.15, -0.1) is 0 Å². The van der Waals surface area contributed by atoms with E-state index in [1.807, 2.05) is 0 Å². The lowest BCUT2D eigenvalue weighted by molar-refractivity contribution is -0.125. The Morgan fingerprint density at radius 1 is 1.47 bits per heavy atom. The summed E-state index contributed by atoms with van der Waals surface area (Å²) in [5, 5.41) is 12.9. The van der Waals surface area contributed by atoms with Gasteiger partial charge in [0.15, 0.2) is 0 Å². The Labute approximate surface area is 91.2 Å². The van der Waals surface area contributed by atoms with Crippen molar-refractivity contribution in [2.75, 3.05) is 13.1 Å². The highest BCUT2D eigenvalue weighted by Crippen LogP contribution is 2.27. The number of hydrogen-bond donors (Lipinski definition) is 3. The van der Waals surface area contributed by atoms with Crippen LogP contribution in [0.2, 0.25) is 0 Å². The Bertz CT molecular complexity index is 213. The van der Waals surface area contributed by atoms with Gasteiger partial charge in [-0.3, -0.25) is 4.79 Å². The van der Waals surface area contributed by atoms with E-state index in [-0.39, 0.29) is 11.8 Å². The molecular formula is C11H22N2O2. The molecule has 0 aromatic carbocycles. The third-order valence-electron chi connectivity index (χ3n) is 3.18. The fourth-order valence-corrected chi connectivity index (χ4v) is 1.92. The maximum absolute atomic E-state index is 11.5. The number of hydrogen-bond acceptors (Lipinski definition) is 3. The van der Waals surface area contributed by atoms with E-state index in [0.717, 1.165) is 25.7 Å². The molecule has 4 heteroatoms. The summed E-state index contributed by atoms with van der Waals surface area (Å²) >= 11 is 0. The van der Waals surface area contributed by atoms with Gasteiger partial charge in [0.1, 0.15) is 0 Å². The summed E-state index contributed by atoms with van der Waals surface area (Å²) < 4.78 is 0. The molecule has 0 bridgehead atoms.